The van der Waals surface area contributed by atoms with E-state index in [2.05, 4.69) is 22.9 Å². The molecule has 0 aromatic heterocycles. The van der Waals surface area contributed by atoms with Crippen molar-refractivity contribution >= 4 is 24.2 Å². The fourth-order valence-electron chi connectivity index (χ4n) is 2.72. The first kappa shape index (κ1) is 20.4. The summed E-state index contributed by atoms with van der Waals surface area (Å²) in [6.07, 6.45) is 2.88. The van der Waals surface area contributed by atoms with E-state index in [0.717, 1.165) is 19.4 Å². The zero-order valence-electron chi connectivity index (χ0n) is 13.8. The van der Waals surface area contributed by atoms with Crippen molar-refractivity contribution in [2.75, 3.05) is 13.1 Å². The van der Waals surface area contributed by atoms with Crippen molar-refractivity contribution in [3.63, 3.8) is 0 Å². The lowest BCUT2D eigenvalue weighted by Crippen LogP contribution is -2.46. The number of rotatable bonds is 6. The van der Waals surface area contributed by atoms with Crippen LogP contribution in [0.1, 0.15) is 43.0 Å². The van der Waals surface area contributed by atoms with Crippen LogP contribution in [-0.4, -0.2) is 37.0 Å². The van der Waals surface area contributed by atoms with Gasteiger partial charge in [0.2, 0.25) is 5.91 Å². The van der Waals surface area contributed by atoms with Gasteiger partial charge in [-0.2, -0.15) is 0 Å². The Morgan fingerprint density at radius 3 is 2.67 bits per heavy atom. The summed E-state index contributed by atoms with van der Waals surface area (Å²) in [6, 6.07) is 6.06. The monoisotopic (exact) mass is 357 g/mol. The smallest absolute Gasteiger partial charge is 0.251 e. The number of hydrogen-bond acceptors (Lipinski definition) is 3. The third-order valence-electron chi connectivity index (χ3n) is 3.96. The average molecular weight is 358 g/mol. The molecule has 134 valence electrons. The maximum absolute atomic E-state index is 12.8. The normalized spacial score (nSPS) is 19.9. The summed E-state index contributed by atoms with van der Waals surface area (Å²) in [4.78, 5) is 23.7. The Kier molecular flexibility index (Phi) is 8.71. The van der Waals surface area contributed by atoms with Gasteiger partial charge >= 0.3 is 0 Å². The Hall–Kier alpha value is -1.66. The molecule has 5 nitrogen and oxygen atoms in total. The minimum absolute atomic E-state index is 0. The highest BCUT2D eigenvalue weighted by Crippen LogP contribution is 2.08. The summed E-state index contributed by atoms with van der Waals surface area (Å²) in [5, 5.41) is 9.12. The van der Waals surface area contributed by atoms with Crippen molar-refractivity contribution in [3.05, 3.63) is 35.6 Å². The number of amides is 2. The molecule has 0 saturated carbocycles. The molecule has 0 aliphatic carbocycles. The molecular formula is C17H25ClFN3O2. The zero-order chi connectivity index (χ0) is 16.7. The van der Waals surface area contributed by atoms with Crippen molar-refractivity contribution < 1.29 is 14.0 Å². The molecule has 1 fully saturated rings. The summed E-state index contributed by atoms with van der Waals surface area (Å²) < 4.78 is 12.8. The summed E-state index contributed by atoms with van der Waals surface area (Å²) in [5.74, 6) is -0.594. The second-order valence-electron chi connectivity index (χ2n) is 6.01. The molecule has 0 spiro atoms. The van der Waals surface area contributed by atoms with Gasteiger partial charge < -0.3 is 16.0 Å². The van der Waals surface area contributed by atoms with E-state index in [0.29, 0.717) is 31.0 Å². The van der Waals surface area contributed by atoms with Crippen LogP contribution < -0.4 is 16.0 Å². The van der Waals surface area contributed by atoms with Gasteiger partial charge in [0.15, 0.2) is 0 Å². The molecule has 2 amide bonds. The van der Waals surface area contributed by atoms with Crippen LogP contribution in [-0.2, 0) is 4.79 Å². The minimum Gasteiger partial charge on any atom is -0.353 e. The second kappa shape index (κ2) is 10.3. The van der Waals surface area contributed by atoms with Crippen LogP contribution in [0.15, 0.2) is 24.3 Å². The molecule has 0 bridgehead atoms. The largest absolute Gasteiger partial charge is 0.353 e. The maximum atomic E-state index is 12.8. The van der Waals surface area contributed by atoms with Crippen LogP contribution in [0.25, 0.3) is 0 Å². The quantitative estimate of drug-likeness (QED) is 0.682. The van der Waals surface area contributed by atoms with Gasteiger partial charge in [0.05, 0.1) is 0 Å². The number of benzene rings is 1. The molecule has 1 saturated heterocycles. The van der Waals surface area contributed by atoms with Crippen molar-refractivity contribution in [2.24, 2.45) is 0 Å². The molecule has 1 aromatic rings. The highest BCUT2D eigenvalue weighted by molar-refractivity contribution is 5.94. The third-order valence-corrected chi connectivity index (χ3v) is 3.96. The van der Waals surface area contributed by atoms with Crippen molar-refractivity contribution in [1.82, 2.24) is 16.0 Å². The lowest BCUT2D eigenvalue weighted by atomic mass is 10.0. The number of carbonyl (C=O) groups excluding carboxylic acids is 2. The standard InChI is InChI=1S/C17H24FN3O2.ClH/c1-12-11-15(8-10-19-12)21-16(22)3-2-9-20-17(23)13-4-6-14(18)7-5-13;/h4-7,12,15,19H,2-3,8-11H2,1H3,(H,20,23)(H,21,22);1H. The van der Waals surface area contributed by atoms with E-state index in [4.69, 9.17) is 0 Å². The predicted molar refractivity (Wildman–Crippen MR) is 93.8 cm³/mol. The van der Waals surface area contributed by atoms with Gasteiger partial charge in [0, 0.05) is 30.6 Å². The van der Waals surface area contributed by atoms with Crippen molar-refractivity contribution in [3.8, 4) is 0 Å². The molecule has 7 heteroatoms. The number of carbonyl (C=O) groups is 2. The first-order valence-electron chi connectivity index (χ1n) is 8.11. The Labute approximate surface area is 148 Å². The Bertz CT molecular complexity index is 539. The molecule has 1 aliphatic rings. The lowest BCUT2D eigenvalue weighted by Gasteiger charge is -2.28. The fraction of sp³-hybridized carbons (Fsp3) is 0.529. The van der Waals surface area contributed by atoms with Gasteiger partial charge in [-0.15, -0.1) is 12.4 Å². The van der Waals surface area contributed by atoms with E-state index < -0.39 is 0 Å². The highest BCUT2D eigenvalue weighted by Gasteiger charge is 2.19. The topological polar surface area (TPSA) is 70.2 Å². The van der Waals surface area contributed by atoms with Crippen molar-refractivity contribution in [2.45, 2.75) is 44.7 Å². The van der Waals surface area contributed by atoms with E-state index in [-0.39, 0.29) is 36.1 Å². The number of hydrogen-bond donors (Lipinski definition) is 3. The second-order valence-corrected chi connectivity index (χ2v) is 6.01. The van der Waals surface area contributed by atoms with E-state index in [1.165, 1.54) is 24.3 Å². The minimum atomic E-state index is -0.370. The molecule has 24 heavy (non-hydrogen) atoms. The number of halogens is 2. The fourth-order valence-corrected chi connectivity index (χ4v) is 2.72. The van der Waals surface area contributed by atoms with Gasteiger partial charge in [-0.05, 0) is 57.0 Å². The van der Waals surface area contributed by atoms with Gasteiger partial charge in [-0.3, -0.25) is 9.59 Å². The molecule has 3 N–H and O–H groups in total. The predicted octanol–water partition coefficient (Wildman–Crippen LogP) is 2.01. The van der Waals surface area contributed by atoms with E-state index in [9.17, 15) is 14.0 Å². The number of nitrogens with one attached hydrogen (secondary N) is 3. The molecular weight excluding hydrogens is 333 g/mol. The Morgan fingerprint density at radius 2 is 2.00 bits per heavy atom. The van der Waals surface area contributed by atoms with Crippen LogP contribution in [0.4, 0.5) is 4.39 Å². The number of piperidine rings is 1. The first-order valence-corrected chi connectivity index (χ1v) is 8.11. The lowest BCUT2D eigenvalue weighted by molar-refractivity contribution is -0.122. The van der Waals surface area contributed by atoms with Crippen LogP contribution in [0.5, 0.6) is 0 Å². The van der Waals surface area contributed by atoms with Crippen LogP contribution in [0.3, 0.4) is 0 Å². The molecule has 2 unspecified atom stereocenters. The van der Waals surface area contributed by atoms with Gasteiger partial charge in [-0.1, -0.05) is 0 Å². The van der Waals surface area contributed by atoms with Gasteiger partial charge in [0.1, 0.15) is 5.82 Å². The van der Waals surface area contributed by atoms with Gasteiger partial charge in [0.25, 0.3) is 5.91 Å². The Morgan fingerprint density at radius 1 is 1.29 bits per heavy atom. The zero-order valence-corrected chi connectivity index (χ0v) is 14.6. The highest BCUT2D eigenvalue weighted by atomic mass is 35.5. The van der Waals surface area contributed by atoms with E-state index in [1.54, 1.807) is 0 Å². The summed E-state index contributed by atoms with van der Waals surface area (Å²) in [7, 11) is 0. The molecule has 1 heterocycles. The summed E-state index contributed by atoms with van der Waals surface area (Å²) >= 11 is 0. The van der Waals surface area contributed by atoms with Crippen LogP contribution in [0.2, 0.25) is 0 Å². The summed E-state index contributed by atoms with van der Waals surface area (Å²) in [5.41, 5.74) is 0.416. The van der Waals surface area contributed by atoms with Crippen molar-refractivity contribution in [1.29, 1.82) is 0 Å². The average Bonchev–Trinajstić information content (AvgIpc) is 2.52. The molecule has 2 atom stereocenters. The van der Waals surface area contributed by atoms with E-state index >= 15 is 0 Å². The first-order chi connectivity index (χ1) is 11.0. The van der Waals surface area contributed by atoms with Crippen LogP contribution in [0, 0.1) is 5.82 Å². The molecule has 1 aromatic carbocycles. The third kappa shape index (κ3) is 6.84. The molecule has 1 aliphatic heterocycles. The maximum Gasteiger partial charge on any atom is 0.251 e. The summed E-state index contributed by atoms with van der Waals surface area (Å²) in [6.45, 7) is 3.47. The van der Waals surface area contributed by atoms with E-state index in [1.807, 2.05) is 0 Å². The molecule has 2 rings (SSSR count). The molecule has 0 radical (unpaired) electrons. The van der Waals surface area contributed by atoms with Gasteiger partial charge in [-0.25, -0.2) is 4.39 Å². The van der Waals surface area contributed by atoms with Crippen LogP contribution >= 0.6 is 12.4 Å². The Balaban J connectivity index is 0.00000288. The SMILES string of the molecule is CC1CC(NC(=O)CCCNC(=O)c2ccc(F)cc2)CCN1.Cl.